The molecule has 2 fully saturated rings. The van der Waals surface area contributed by atoms with Crippen molar-refractivity contribution in [2.75, 3.05) is 13.1 Å². The Morgan fingerprint density at radius 2 is 2.26 bits per heavy atom. The number of fused-ring (bicyclic) bond motifs is 1. The van der Waals surface area contributed by atoms with Crippen molar-refractivity contribution in [2.24, 2.45) is 0 Å². The SMILES string of the molecule is Cc1cc(C#N)ccc1CNC1CCN2CCCC12. The van der Waals surface area contributed by atoms with Gasteiger partial charge in [0.15, 0.2) is 0 Å². The minimum atomic E-state index is 0.651. The number of benzene rings is 1. The lowest BCUT2D eigenvalue weighted by atomic mass is 10.0. The van der Waals surface area contributed by atoms with E-state index in [1.807, 2.05) is 12.1 Å². The van der Waals surface area contributed by atoms with Crippen LogP contribution < -0.4 is 5.32 Å². The molecule has 3 heteroatoms. The summed E-state index contributed by atoms with van der Waals surface area (Å²) >= 11 is 0. The van der Waals surface area contributed by atoms with Crippen LogP contribution in [0.4, 0.5) is 0 Å². The van der Waals surface area contributed by atoms with Crippen molar-refractivity contribution in [1.29, 1.82) is 5.26 Å². The number of nitriles is 1. The van der Waals surface area contributed by atoms with E-state index in [-0.39, 0.29) is 0 Å². The molecule has 2 aliphatic heterocycles. The highest BCUT2D eigenvalue weighted by molar-refractivity contribution is 5.37. The topological polar surface area (TPSA) is 39.1 Å². The van der Waals surface area contributed by atoms with Crippen LogP contribution in [0.15, 0.2) is 18.2 Å². The summed E-state index contributed by atoms with van der Waals surface area (Å²) in [6.45, 7) is 5.56. The van der Waals surface area contributed by atoms with E-state index in [0.29, 0.717) is 6.04 Å². The Kier molecular flexibility index (Phi) is 3.54. The zero-order valence-electron chi connectivity index (χ0n) is 11.5. The van der Waals surface area contributed by atoms with Gasteiger partial charge in [0.2, 0.25) is 0 Å². The zero-order valence-corrected chi connectivity index (χ0v) is 11.5. The second kappa shape index (κ2) is 5.32. The summed E-state index contributed by atoms with van der Waals surface area (Å²) in [6, 6.07) is 9.59. The van der Waals surface area contributed by atoms with Gasteiger partial charge in [0, 0.05) is 25.2 Å². The third-order valence-corrected chi connectivity index (χ3v) is 4.63. The fraction of sp³-hybridized carbons (Fsp3) is 0.562. The molecule has 2 heterocycles. The first-order chi connectivity index (χ1) is 9.28. The van der Waals surface area contributed by atoms with Crippen LogP contribution in [0, 0.1) is 18.3 Å². The third kappa shape index (κ3) is 2.51. The summed E-state index contributed by atoms with van der Waals surface area (Å²) < 4.78 is 0. The Labute approximate surface area is 115 Å². The van der Waals surface area contributed by atoms with Crippen LogP contribution in [-0.2, 0) is 6.54 Å². The lowest BCUT2D eigenvalue weighted by Crippen LogP contribution is -2.38. The van der Waals surface area contributed by atoms with Crippen molar-refractivity contribution in [3.05, 3.63) is 34.9 Å². The van der Waals surface area contributed by atoms with Crippen LogP contribution in [0.25, 0.3) is 0 Å². The highest BCUT2D eigenvalue weighted by Gasteiger charge is 2.36. The fourth-order valence-electron chi connectivity index (χ4n) is 3.53. The molecule has 2 saturated heterocycles. The van der Waals surface area contributed by atoms with Gasteiger partial charge >= 0.3 is 0 Å². The maximum atomic E-state index is 8.89. The minimum Gasteiger partial charge on any atom is -0.308 e. The van der Waals surface area contributed by atoms with Crippen LogP contribution in [0.1, 0.15) is 36.0 Å². The first-order valence-corrected chi connectivity index (χ1v) is 7.25. The van der Waals surface area contributed by atoms with E-state index in [9.17, 15) is 0 Å². The molecule has 0 radical (unpaired) electrons. The molecule has 100 valence electrons. The average Bonchev–Trinajstić information content (AvgIpc) is 3.01. The quantitative estimate of drug-likeness (QED) is 0.900. The molecule has 0 bridgehead atoms. The van der Waals surface area contributed by atoms with Gasteiger partial charge in [0.1, 0.15) is 0 Å². The van der Waals surface area contributed by atoms with Gasteiger partial charge in [-0.15, -0.1) is 0 Å². The highest BCUT2D eigenvalue weighted by atomic mass is 15.2. The Morgan fingerprint density at radius 1 is 1.37 bits per heavy atom. The smallest absolute Gasteiger partial charge is 0.0991 e. The molecule has 1 aromatic rings. The summed E-state index contributed by atoms with van der Waals surface area (Å²) in [5.41, 5.74) is 3.28. The lowest BCUT2D eigenvalue weighted by Gasteiger charge is -2.21. The van der Waals surface area contributed by atoms with Gasteiger partial charge in [-0.05, 0) is 56.0 Å². The van der Waals surface area contributed by atoms with Crippen molar-refractivity contribution in [1.82, 2.24) is 10.2 Å². The summed E-state index contributed by atoms with van der Waals surface area (Å²) in [7, 11) is 0. The molecule has 0 amide bonds. The van der Waals surface area contributed by atoms with E-state index in [4.69, 9.17) is 5.26 Å². The molecule has 3 rings (SSSR count). The minimum absolute atomic E-state index is 0.651. The van der Waals surface area contributed by atoms with E-state index in [1.165, 1.54) is 43.5 Å². The van der Waals surface area contributed by atoms with Crippen molar-refractivity contribution >= 4 is 0 Å². The predicted molar refractivity (Wildman–Crippen MR) is 75.7 cm³/mol. The maximum absolute atomic E-state index is 8.89. The molecule has 1 aromatic carbocycles. The standard InChI is InChI=1S/C16H21N3/c1-12-9-13(10-17)4-5-14(12)11-18-15-6-8-19-7-2-3-16(15)19/h4-5,9,15-16,18H,2-3,6-8,11H2,1H3. The second-order valence-electron chi connectivity index (χ2n) is 5.77. The number of rotatable bonds is 3. The van der Waals surface area contributed by atoms with Gasteiger partial charge in [-0.3, -0.25) is 4.90 Å². The van der Waals surface area contributed by atoms with Crippen LogP contribution >= 0.6 is 0 Å². The molecule has 19 heavy (non-hydrogen) atoms. The highest BCUT2D eigenvalue weighted by Crippen LogP contribution is 2.28. The van der Waals surface area contributed by atoms with E-state index in [1.54, 1.807) is 0 Å². The van der Waals surface area contributed by atoms with Gasteiger partial charge in [-0.25, -0.2) is 0 Å². The molecule has 0 aliphatic carbocycles. The zero-order chi connectivity index (χ0) is 13.2. The lowest BCUT2D eigenvalue weighted by molar-refractivity contribution is 0.298. The molecule has 0 aromatic heterocycles. The first kappa shape index (κ1) is 12.7. The molecule has 1 N–H and O–H groups in total. The predicted octanol–water partition coefficient (Wildman–Crippen LogP) is 2.19. The van der Waals surface area contributed by atoms with Gasteiger partial charge < -0.3 is 5.32 Å². The fourth-order valence-corrected chi connectivity index (χ4v) is 3.53. The Hall–Kier alpha value is -1.37. The van der Waals surface area contributed by atoms with E-state index in [2.05, 4.69) is 29.3 Å². The van der Waals surface area contributed by atoms with Gasteiger partial charge in [-0.1, -0.05) is 6.07 Å². The average molecular weight is 255 g/mol. The Bertz CT molecular complexity index is 503. The van der Waals surface area contributed by atoms with E-state index in [0.717, 1.165) is 18.2 Å². The van der Waals surface area contributed by atoms with Crippen molar-refractivity contribution in [3.8, 4) is 6.07 Å². The molecular weight excluding hydrogens is 234 g/mol. The number of hydrogen-bond acceptors (Lipinski definition) is 3. The molecule has 3 nitrogen and oxygen atoms in total. The number of aryl methyl sites for hydroxylation is 1. The van der Waals surface area contributed by atoms with Gasteiger partial charge in [0.25, 0.3) is 0 Å². The Balaban J connectivity index is 1.62. The summed E-state index contributed by atoms with van der Waals surface area (Å²) in [5.74, 6) is 0. The van der Waals surface area contributed by atoms with Crippen LogP contribution in [-0.4, -0.2) is 30.1 Å². The largest absolute Gasteiger partial charge is 0.308 e. The van der Waals surface area contributed by atoms with Crippen LogP contribution in [0.5, 0.6) is 0 Å². The molecule has 0 spiro atoms. The number of nitrogens with one attached hydrogen (secondary N) is 1. The normalized spacial score (nSPS) is 26.3. The summed E-state index contributed by atoms with van der Waals surface area (Å²) in [4.78, 5) is 2.63. The van der Waals surface area contributed by atoms with Crippen LogP contribution in [0.3, 0.4) is 0 Å². The molecule has 2 aliphatic rings. The van der Waals surface area contributed by atoms with Crippen molar-refractivity contribution < 1.29 is 0 Å². The molecule has 2 atom stereocenters. The third-order valence-electron chi connectivity index (χ3n) is 4.63. The molecular formula is C16H21N3. The molecule has 0 saturated carbocycles. The van der Waals surface area contributed by atoms with E-state index >= 15 is 0 Å². The number of nitrogens with zero attached hydrogens (tertiary/aromatic N) is 2. The van der Waals surface area contributed by atoms with E-state index < -0.39 is 0 Å². The summed E-state index contributed by atoms with van der Waals surface area (Å²) in [5, 5.41) is 12.6. The van der Waals surface area contributed by atoms with Gasteiger partial charge in [-0.2, -0.15) is 5.26 Å². The monoisotopic (exact) mass is 255 g/mol. The Morgan fingerprint density at radius 3 is 3.05 bits per heavy atom. The number of hydrogen-bond donors (Lipinski definition) is 1. The van der Waals surface area contributed by atoms with Crippen molar-refractivity contribution in [3.63, 3.8) is 0 Å². The van der Waals surface area contributed by atoms with Crippen LogP contribution in [0.2, 0.25) is 0 Å². The molecule has 2 unspecified atom stereocenters. The first-order valence-electron chi connectivity index (χ1n) is 7.25. The van der Waals surface area contributed by atoms with Gasteiger partial charge in [0.05, 0.1) is 11.6 Å². The van der Waals surface area contributed by atoms with Crippen molar-refractivity contribution in [2.45, 2.75) is 44.8 Å². The second-order valence-corrected chi connectivity index (χ2v) is 5.77. The summed E-state index contributed by atoms with van der Waals surface area (Å²) in [6.07, 6.45) is 3.99. The maximum Gasteiger partial charge on any atom is 0.0991 e.